The van der Waals surface area contributed by atoms with Gasteiger partial charge in [-0.2, -0.15) is 5.26 Å². The lowest BCUT2D eigenvalue weighted by molar-refractivity contribution is -0.112. The third-order valence-corrected chi connectivity index (χ3v) is 6.29. The molecule has 0 atom stereocenters. The number of aromatic nitrogens is 2. The number of carbonyl (C=O) groups excluding carboxylic acids is 1. The molecule has 1 fully saturated rings. The fraction of sp³-hybridized carbons (Fsp3) is 0.280. The highest BCUT2D eigenvalue weighted by atomic mass is 32.1. The van der Waals surface area contributed by atoms with E-state index in [-0.39, 0.29) is 5.57 Å². The van der Waals surface area contributed by atoms with Gasteiger partial charge in [0.1, 0.15) is 18.2 Å². The van der Waals surface area contributed by atoms with Crippen molar-refractivity contribution < 1.29 is 14.3 Å². The number of hydrogen-bond donors (Lipinski definition) is 1. The Bertz CT molecular complexity index is 1220. The van der Waals surface area contributed by atoms with Crippen molar-refractivity contribution in [2.75, 3.05) is 30.4 Å². The first kappa shape index (κ1) is 23.3. The van der Waals surface area contributed by atoms with Crippen molar-refractivity contribution in [1.82, 2.24) is 10.2 Å². The van der Waals surface area contributed by atoms with Crippen molar-refractivity contribution in [2.24, 2.45) is 0 Å². The van der Waals surface area contributed by atoms with E-state index in [1.165, 1.54) is 23.0 Å². The minimum Gasteiger partial charge on any atom is -0.493 e. The summed E-state index contributed by atoms with van der Waals surface area (Å²) < 4.78 is 11.4. The Labute approximate surface area is 202 Å². The van der Waals surface area contributed by atoms with Crippen molar-refractivity contribution in [2.45, 2.75) is 26.4 Å². The molecule has 2 aromatic carbocycles. The Morgan fingerprint density at radius 3 is 2.65 bits per heavy atom. The van der Waals surface area contributed by atoms with Crippen molar-refractivity contribution in [3.8, 4) is 17.6 Å². The molecule has 1 aromatic heterocycles. The number of rotatable bonds is 8. The van der Waals surface area contributed by atoms with Gasteiger partial charge in [-0.1, -0.05) is 47.2 Å². The lowest BCUT2D eigenvalue weighted by Gasteiger charge is -2.12. The molecule has 0 radical (unpaired) electrons. The number of carbonyl (C=O) groups is 1. The SMILES string of the molecule is COc1cc(/C=C(/C#N)C(=O)Nc2nnc(N3CCCC3)s2)ccc1OCc1ccc(C)cc1. The number of hydrogen-bond acceptors (Lipinski definition) is 8. The second-order valence-corrected chi connectivity index (χ2v) is 8.85. The molecule has 1 aliphatic heterocycles. The second kappa shape index (κ2) is 10.8. The van der Waals surface area contributed by atoms with Gasteiger partial charge in [0.05, 0.1) is 7.11 Å². The average molecular weight is 476 g/mol. The highest BCUT2D eigenvalue weighted by Gasteiger charge is 2.18. The summed E-state index contributed by atoms with van der Waals surface area (Å²) in [5.41, 5.74) is 2.83. The van der Waals surface area contributed by atoms with Crippen molar-refractivity contribution >= 4 is 33.6 Å². The van der Waals surface area contributed by atoms with Crippen LogP contribution in [0.5, 0.6) is 11.5 Å². The van der Waals surface area contributed by atoms with Gasteiger partial charge in [-0.15, -0.1) is 10.2 Å². The summed E-state index contributed by atoms with van der Waals surface area (Å²) in [5.74, 6) is 0.551. The molecule has 0 unspecified atom stereocenters. The fourth-order valence-electron chi connectivity index (χ4n) is 3.52. The van der Waals surface area contributed by atoms with E-state index in [0.717, 1.165) is 36.6 Å². The van der Waals surface area contributed by atoms with Crippen molar-refractivity contribution in [1.29, 1.82) is 5.26 Å². The lowest BCUT2D eigenvalue weighted by atomic mass is 10.1. The minimum absolute atomic E-state index is 0.0479. The number of ether oxygens (including phenoxy) is 2. The molecule has 1 saturated heterocycles. The molecule has 8 nitrogen and oxygen atoms in total. The van der Waals surface area contributed by atoms with E-state index in [1.807, 2.05) is 37.3 Å². The van der Waals surface area contributed by atoms with Crippen LogP contribution in [0.15, 0.2) is 48.0 Å². The van der Waals surface area contributed by atoms with E-state index in [9.17, 15) is 10.1 Å². The summed E-state index contributed by atoms with van der Waals surface area (Å²) in [5, 5.41) is 21.5. The van der Waals surface area contributed by atoms with Crippen LogP contribution in [0.2, 0.25) is 0 Å². The van der Waals surface area contributed by atoms with Gasteiger partial charge in [0.15, 0.2) is 11.5 Å². The lowest BCUT2D eigenvalue weighted by Crippen LogP contribution is -2.17. The Balaban J connectivity index is 1.43. The van der Waals surface area contributed by atoms with Gasteiger partial charge in [0.2, 0.25) is 10.3 Å². The standard InChI is InChI=1S/C25H25N5O3S/c1-17-5-7-18(8-6-17)16-33-21-10-9-19(14-22(21)32-2)13-20(15-26)23(31)27-24-28-29-25(34-24)30-11-3-4-12-30/h5-10,13-14H,3-4,11-12,16H2,1-2H3,(H,27,28,31)/b20-13-. The molecule has 0 aliphatic carbocycles. The van der Waals surface area contributed by atoms with Crippen LogP contribution in [-0.4, -0.2) is 36.3 Å². The molecule has 9 heteroatoms. The molecule has 0 bridgehead atoms. The van der Waals surface area contributed by atoms with E-state index in [1.54, 1.807) is 25.3 Å². The van der Waals surface area contributed by atoms with Crippen LogP contribution < -0.4 is 19.7 Å². The maximum absolute atomic E-state index is 12.7. The monoisotopic (exact) mass is 475 g/mol. The first-order valence-electron chi connectivity index (χ1n) is 10.9. The molecule has 34 heavy (non-hydrogen) atoms. The number of aryl methyl sites for hydroxylation is 1. The molecular weight excluding hydrogens is 450 g/mol. The van der Waals surface area contributed by atoms with Crippen LogP contribution in [0.4, 0.5) is 10.3 Å². The number of amides is 1. The van der Waals surface area contributed by atoms with Crippen LogP contribution in [-0.2, 0) is 11.4 Å². The molecule has 3 aromatic rings. The molecule has 0 spiro atoms. The summed E-state index contributed by atoms with van der Waals surface area (Å²) >= 11 is 1.30. The summed E-state index contributed by atoms with van der Waals surface area (Å²) in [6.07, 6.45) is 3.76. The van der Waals surface area contributed by atoms with Crippen molar-refractivity contribution in [3.63, 3.8) is 0 Å². The quantitative estimate of drug-likeness (QED) is 0.376. The Morgan fingerprint density at radius 2 is 1.94 bits per heavy atom. The van der Waals surface area contributed by atoms with E-state index in [0.29, 0.717) is 28.8 Å². The maximum Gasteiger partial charge on any atom is 0.268 e. The molecule has 2 heterocycles. The highest BCUT2D eigenvalue weighted by molar-refractivity contribution is 7.19. The fourth-order valence-corrected chi connectivity index (χ4v) is 4.31. The Morgan fingerprint density at radius 1 is 1.18 bits per heavy atom. The van der Waals surface area contributed by atoms with Crippen LogP contribution in [0.3, 0.4) is 0 Å². The molecule has 1 aliphatic rings. The Kier molecular flexibility index (Phi) is 7.40. The Hall–Kier alpha value is -3.90. The summed E-state index contributed by atoms with van der Waals surface area (Å²) in [7, 11) is 1.55. The van der Waals surface area contributed by atoms with Gasteiger partial charge < -0.3 is 14.4 Å². The summed E-state index contributed by atoms with van der Waals surface area (Å²) in [4.78, 5) is 14.8. The van der Waals surface area contributed by atoms with E-state index in [4.69, 9.17) is 9.47 Å². The van der Waals surface area contributed by atoms with E-state index >= 15 is 0 Å². The first-order valence-corrected chi connectivity index (χ1v) is 11.8. The second-order valence-electron chi connectivity index (χ2n) is 7.89. The number of nitrogens with one attached hydrogen (secondary N) is 1. The van der Waals surface area contributed by atoms with Gasteiger partial charge in [-0.05, 0) is 49.1 Å². The highest BCUT2D eigenvalue weighted by Crippen LogP contribution is 2.30. The largest absolute Gasteiger partial charge is 0.493 e. The number of nitriles is 1. The molecule has 0 saturated carbocycles. The molecule has 1 N–H and O–H groups in total. The average Bonchev–Trinajstić information content (AvgIpc) is 3.54. The number of benzene rings is 2. The number of methoxy groups -OCH3 is 1. The van der Waals surface area contributed by atoms with Crippen LogP contribution in [0.25, 0.3) is 6.08 Å². The van der Waals surface area contributed by atoms with Gasteiger partial charge in [-0.3, -0.25) is 10.1 Å². The molecule has 174 valence electrons. The summed E-state index contributed by atoms with van der Waals surface area (Å²) in [6, 6.07) is 15.3. The van der Waals surface area contributed by atoms with Crippen LogP contribution in [0, 0.1) is 18.3 Å². The molecule has 1 amide bonds. The topological polar surface area (TPSA) is 100 Å². The van der Waals surface area contributed by atoms with E-state index < -0.39 is 5.91 Å². The van der Waals surface area contributed by atoms with Gasteiger partial charge in [0.25, 0.3) is 5.91 Å². The van der Waals surface area contributed by atoms with Gasteiger partial charge in [0, 0.05) is 13.1 Å². The van der Waals surface area contributed by atoms with Gasteiger partial charge >= 0.3 is 0 Å². The van der Waals surface area contributed by atoms with Crippen molar-refractivity contribution in [3.05, 3.63) is 64.7 Å². The third-order valence-electron chi connectivity index (χ3n) is 5.39. The zero-order valence-corrected chi connectivity index (χ0v) is 19.9. The predicted molar refractivity (Wildman–Crippen MR) is 132 cm³/mol. The smallest absolute Gasteiger partial charge is 0.268 e. The first-order chi connectivity index (χ1) is 16.6. The minimum atomic E-state index is -0.537. The maximum atomic E-state index is 12.7. The number of anilines is 2. The van der Waals surface area contributed by atoms with Crippen LogP contribution in [0.1, 0.15) is 29.5 Å². The summed E-state index contributed by atoms with van der Waals surface area (Å²) in [6.45, 7) is 4.32. The predicted octanol–water partition coefficient (Wildman–Crippen LogP) is 4.58. The van der Waals surface area contributed by atoms with Crippen LogP contribution >= 0.6 is 11.3 Å². The molecular formula is C25H25N5O3S. The van der Waals surface area contributed by atoms with E-state index in [2.05, 4.69) is 20.4 Å². The zero-order chi connectivity index (χ0) is 23.9. The number of nitrogens with zero attached hydrogens (tertiary/aromatic N) is 4. The molecule has 4 rings (SSSR count). The third kappa shape index (κ3) is 5.71. The zero-order valence-electron chi connectivity index (χ0n) is 19.1. The normalized spacial score (nSPS) is 13.4. The van der Waals surface area contributed by atoms with Gasteiger partial charge in [-0.25, -0.2) is 0 Å².